The number of benzene rings is 1. The summed E-state index contributed by atoms with van der Waals surface area (Å²) < 4.78 is 45.3. The Bertz CT molecular complexity index is 1380. The normalized spacial score (nSPS) is 19.6. The van der Waals surface area contributed by atoms with Gasteiger partial charge in [-0.1, -0.05) is 13.0 Å². The number of nitrogens with one attached hydrogen (secondary N) is 1. The van der Waals surface area contributed by atoms with Crippen molar-refractivity contribution in [3.05, 3.63) is 76.0 Å². The van der Waals surface area contributed by atoms with Crippen LogP contribution in [0.25, 0.3) is 11.3 Å². The highest BCUT2D eigenvalue weighted by molar-refractivity contribution is 6.05. The molecule has 194 valence electrons. The third-order valence-corrected chi connectivity index (χ3v) is 6.82. The highest BCUT2D eigenvalue weighted by atomic mass is 19.1. The van der Waals surface area contributed by atoms with Crippen molar-refractivity contribution in [1.82, 2.24) is 15.2 Å². The molecule has 3 aromatic rings. The van der Waals surface area contributed by atoms with Crippen LogP contribution in [0.4, 0.5) is 24.7 Å². The number of piperazine rings is 1. The summed E-state index contributed by atoms with van der Waals surface area (Å²) in [6.07, 6.45) is 0.513. The quantitative estimate of drug-likeness (QED) is 0.414. The topological polar surface area (TPSA) is 90.9 Å². The lowest BCUT2D eigenvalue weighted by Gasteiger charge is -2.40. The van der Waals surface area contributed by atoms with Gasteiger partial charge in [-0.05, 0) is 50.1 Å². The lowest BCUT2D eigenvalue weighted by Crippen LogP contribution is -2.56. The Balaban J connectivity index is 1.84. The number of hydrogen-bond acceptors (Lipinski definition) is 7. The average molecular weight is 513 g/mol. The molecular weight excluding hydrogens is 485 g/mol. The zero-order valence-corrected chi connectivity index (χ0v) is 20.7. The molecule has 4 heterocycles. The first-order valence-electron chi connectivity index (χ1n) is 12.1. The molecule has 5 rings (SSSR count). The molecule has 0 saturated carbocycles. The average Bonchev–Trinajstić information content (AvgIpc) is 2.86. The van der Waals surface area contributed by atoms with Crippen molar-refractivity contribution in [2.45, 2.75) is 39.6 Å². The van der Waals surface area contributed by atoms with E-state index in [2.05, 4.69) is 15.3 Å². The van der Waals surface area contributed by atoms with Crippen LogP contribution in [0.15, 0.2) is 41.5 Å². The van der Waals surface area contributed by atoms with Gasteiger partial charge in [-0.3, -0.25) is 4.98 Å². The van der Waals surface area contributed by atoms with E-state index in [4.69, 9.17) is 0 Å². The zero-order valence-electron chi connectivity index (χ0n) is 20.7. The number of pyridine rings is 2. The van der Waals surface area contributed by atoms with E-state index in [-0.39, 0.29) is 28.0 Å². The smallest absolute Gasteiger partial charge is 0.302 e. The second kappa shape index (κ2) is 9.64. The molecule has 0 bridgehead atoms. The number of aliphatic hydroxyl groups excluding tert-OH is 1. The van der Waals surface area contributed by atoms with Gasteiger partial charge in [0.2, 0.25) is 0 Å². The summed E-state index contributed by atoms with van der Waals surface area (Å²) in [6.45, 7) is 7.35. The van der Waals surface area contributed by atoms with Crippen LogP contribution in [0.5, 0.6) is 0 Å². The maximum atomic E-state index is 15.6. The summed E-state index contributed by atoms with van der Waals surface area (Å²) in [5.41, 5.74) is 0.186. The van der Waals surface area contributed by atoms with E-state index in [0.29, 0.717) is 43.0 Å². The Morgan fingerprint density at radius 1 is 1.19 bits per heavy atom. The number of fused-ring (bicyclic) bond motifs is 1. The van der Waals surface area contributed by atoms with E-state index in [1.807, 2.05) is 18.7 Å². The molecule has 11 heteroatoms. The predicted molar refractivity (Wildman–Crippen MR) is 133 cm³/mol. The minimum Gasteiger partial charge on any atom is -0.710 e. The third kappa shape index (κ3) is 4.08. The fraction of sp³-hybridized carbons (Fsp3) is 0.346. The number of halogens is 3. The van der Waals surface area contributed by atoms with E-state index >= 15 is 4.39 Å². The number of rotatable bonds is 3. The Labute approximate surface area is 212 Å². The molecule has 1 aromatic carbocycles. The molecule has 0 spiro atoms. The van der Waals surface area contributed by atoms with Gasteiger partial charge in [-0.2, -0.15) is 9.89 Å². The van der Waals surface area contributed by atoms with Crippen molar-refractivity contribution in [1.29, 1.82) is 0 Å². The van der Waals surface area contributed by atoms with Crippen LogP contribution in [0.2, 0.25) is 0 Å². The van der Waals surface area contributed by atoms with Crippen LogP contribution >= 0.6 is 0 Å². The third-order valence-electron chi connectivity index (χ3n) is 6.82. The molecule has 0 aliphatic carbocycles. The summed E-state index contributed by atoms with van der Waals surface area (Å²) in [6, 6.07) is 5.76. The van der Waals surface area contributed by atoms with E-state index < -0.39 is 35.1 Å². The second-order valence-corrected chi connectivity index (χ2v) is 9.16. The Morgan fingerprint density at radius 3 is 2.59 bits per heavy atom. The molecule has 37 heavy (non-hydrogen) atoms. The minimum absolute atomic E-state index is 0.0720. The van der Waals surface area contributed by atoms with Crippen molar-refractivity contribution < 1.29 is 23.0 Å². The van der Waals surface area contributed by atoms with Crippen molar-refractivity contribution in [2.24, 2.45) is 4.99 Å². The van der Waals surface area contributed by atoms with Gasteiger partial charge in [0.1, 0.15) is 23.0 Å². The molecule has 2 atom stereocenters. The number of aliphatic imine (C=N–C) groups is 1. The fourth-order valence-electron chi connectivity index (χ4n) is 5.06. The maximum Gasteiger partial charge on any atom is 0.302 e. The SMILES string of the molecule is CCc1nccc(C)c1N1c2c(cc(F)c(-c3c(F)cccc3F)[n+]2[O-])C(N2CCNC[C@@H]2C)=NC1O. The molecule has 2 aromatic heterocycles. The number of amidine groups is 1. The first-order chi connectivity index (χ1) is 17.7. The summed E-state index contributed by atoms with van der Waals surface area (Å²) in [4.78, 5) is 12.0. The van der Waals surface area contributed by atoms with Crippen molar-refractivity contribution in [3.8, 4) is 11.3 Å². The molecule has 1 fully saturated rings. The lowest BCUT2D eigenvalue weighted by atomic mass is 10.0. The Kier molecular flexibility index (Phi) is 6.50. The first kappa shape index (κ1) is 25.0. The largest absolute Gasteiger partial charge is 0.710 e. The molecule has 2 N–H and O–H groups in total. The monoisotopic (exact) mass is 512 g/mol. The van der Waals surface area contributed by atoms with Crippen molar-refractivity contribution >= 4 is 17.3 Å². The molecule has 1 unspecified atom stereocenters. The molecule has 2 aliphatic rings. The van der Waals surface area contributed by atoms with Crippen molar-refractivity contribution in [2.75, 3.05) is 24.5 Å². The zero-order chi connectivity index (χ0) is 26.4. The Morgan fingerprint density at radius 2 is 1.92 bits per heavy atom. The maximum absolute atomic E-state index is 15.6. The highest BCUT2D eigenvalue weighted by Gasteiger charge is 2.43. The van der Waals surface area contributed by atoms with Gasteiger partial charge in [-0.25, -0.2) is 17.9 Å². The molecule has 0 amide bonds. The molecular formula is C26H27F3N6O2. The van der Waals surface area contributed by atoms with Gasteiger partial charge < -0.3 is 20.5 Å². The second-order valence-electron chi connectivity index (χ2n) is 9.16. The van der Waals surface area contributed by atoms with Crippen LogP contribution in [-0.4, -0.2) is 52.9 Å². The summed E-state index contributed by atoms with van der Waals surface area (Å²) in [7, 11) is 0. The number of aryl methyl sites for hydroxylation is 2. The number of hydrogen-bond donors (Lipinski definition) is 2. The van der Waals surface area contributed by atoms with Crippen molar-refractivity contribution in [3.63, 3.8) is 0 Å². The van der Waals surface area contributed by atoms with Crippen LogP contribution < -0.4 is 14.9 Å². The van der Waals surface area contributed by atoms with E-state index in [1.54, 1.807) is 19.2 Å². The van der Waals surface area contributed by atoms with Gasteiger partial charge in [0.15, 0.2) is 17.2 Å². The van der Waals surface area contributed by atoms with Gasteiger partial charge in [0.25, 0.3) is 0 Å². The predicted octanol–water partition coefficient (Wildman–Crippen LogP) is 3.14. The molecule has 0 radical (unpaired) electrons. The van der Waals surface area contributed by atoms with E-state index in [9.17, 15) is 19.1 Å². The van der Waals surface area contributed by atoms with Crippen LogP contribution in [0.1, 0.15) is 30.7 Å². The molecule has 8 nitrogen and oxygen atoms in total. The van der Waals surface area contributed by atoms with Gasteiger partial charge in [-0.15, -0.1) is 0 Å². The first-order valence-corrected chi connectivity index (χ1v) is 12.1. The van der Waals surface area contributed by atoms with E-state index in [1.165, 1.54) is 4.90 Å². The number of nitrogens with zero attached hydrogens (tertiary/aromatic N) is 5. The number of aromatic nitrogens is 2. The van der Waals surface area contributed by atoms with E-state index in [0.717, 1.165) is 24.3 Å². The van der Waals surface area contributed by atoms with Gasteiger partial charge >= 0.3 is 12.2 Å². The van der Waals surface area contributed by atoms with Gasteiger partial charge in [0.05, 0.1) is 11.3 Å². The number of aliphatic hydroxyl groups is 1. The Hall–Kier alpha value is -3.70. The van der Waals surface area contributed by atoms with Crippen LogP contribution in [-0.2, 0) is 6.42 Å². The molecule has 1 saturated heterocycles. The van der Waals surface area contributed by atoms with Crippen LogP contribution in [0, 0.1) is 29.6 Å². The summed E-state index contributed by atoms with van der Waals surface area (Å²) in [5, 5.41) is 28.6. The lowest BCUT2D eigenvalue weighted by molar-refractivity contribution is -0.582. The van der Waals surface area contributed by atoms with Crippen LogP contribution in [0.3, 0.4) is 0 Å². The summed E-state index contributed by atoms with van der Waals surface area (Å²) in [5.74, 6) is -3.22. The standard InChI is InChI=1S/C26H27F3N6O2/c1-4-20-22(14(2)8-9-31-20)34-25-16(24(32-26(34)36)33-11-10-30-13-15(33)3)12-19(29)23(35(25)37)21-17(27)6-5-7-18(21)28/h5-9,12,15,26,30,36H,4,10-11,13H2,1-3H3/t15-,26?/m0/s1. The summed E-state index contributed by atoms with van der Waals surface area (Å²) >= 11 is 0. The minimum atomic E-state index is -1.57. The number of anilines is 2. The highest BCUT2D eigenvalue weighted by Crippen LogP contribution is 2.39. The molecule has 2 aliphatic heterocycles. The van der Waals surface area contributed by atoms with Gasteiger partial charge in [0, 0.05) is 31.9 Å². The fourth-order valence-corrected chi connectivity index (χ4v) is 5.06.